The van der Waals surface area contributed by atoms with Crippen molar-refractivity contribution in [2.45, 2.75) is 12.4 Å². The normalized spacial score (nSPS) is 12.8. The highest BCUT2D eigenvalue weighted by Gasteiger charge is 2.37. The predicted molar refractivity (Wildman–Crippen MR) is 64.9 cm³/mol. The molecule has 130 valence electrons. The van der Waals surface area contributed by atoms with Crippen LogP contribution in [-0.2, 0) is 27.2 Å². The lowest BCUT2D eigenvalue weighted by molar-refractivity contribution is -0.143. The molecule has 0 aromatic heterocycles. The fourth-order valence-corrected chi connectivity index (χ4v) is 1.87. The number of nitrogens with one attached hydrogen (secondary N) is 1. The number of hydrogen-bond acceptors (Lipinski definition) is 4. The Morgan fingerprint density at radius 1 is 1.04 bits per heavy atom. The van der Waals surface area contributed by atoms with Gasteiger partial charge in [0.25, 0.3) is 5.91 Å². The van der Waals surface area contributed by atoms with Gasteiger partial charge in [0.15, 0.2) is 6.61 Å². The molecule has 0 fully saturated rings. The van der Waals surface area contributed by atoms with E-state index in [4.69, 9.17) is 0 Å². The first kappa shape index (κ1) is 19.1. The predicted octanol–water partition coefficient (Wildman–Crippen LogP) is 2.18. The molecule has 1 N–H and O–H groups in total. The van der Waals surface area contributed by atoms with Gasteiger partial charge in [-0.3, -0.25) is 9.52 Å². The van der Waals surface area contributed by atoms with E-state index >= 15 is 0 Å². The van der Waals surface area contributed by atoms with Crippen molar-refractivity contribution < 1.29 is 44.3 Å². The zero-order chi connectivity index (χ0) is 18.1. The lowest BCUT2D eigenvalue weighted by Gasteiger charge is -2.14. The maximum Gasteiger partial charge on any atom is 0.416 e. The van der Waals surface area contributed by atoms with E-state index in [0.717, 1.165) is 0 Å². The van der Waals surface area contributed by atoms with Crippen molar-refractivity contribution in [1.82, 2.24) is 4.72 Å². The SMILES string of the molecule is CS(=O)(=O)NC(=O)COc1cc(C(F)(F)F)cc(C(F)(F)F)c1. The highest BCUT2D eigenvalue weighted by atomic mass is 32.2. The van der Waals surface area contributed by atoms with Crippen LogP contribution in [0, 0.1) is 0 Å². The smallest absolute Gasteiger partial charge is 0.416 e. The topological polar surface area (TPSA) is 72.5 Å². The van der Waals surface area contributed by atoms with Crippen molar-refractivity contribution in [3.63, 3.8) is 0 Å². The van der Waals surface area contributed by atoms with Gasteiger partial charge in [0.1, 0.15) is 5.75 Å². The quantitative estimate of drug-likeness (QED) is 0.831. The maximum atomic E-state index is 12.6. The standard InChI is InChI=1S/C11H9F6NO4S/c1-23(20,21)18-9(19)5-22-8-3-6(10(12,13)14)2-7(4-8)11(15,16)17/h2-4H,5H2,1H3,(H,18,19). The number of rotatable bonds is 4. The minimum Gasteiger partial charge on any atom is -0.484 e. The Kier molecular flexibility index (Phi) is 5.19. The van der Waals surface area contributed by atoms with Gasteiger partial charge in [0.05, 0.1) is 17.4 Å². The molecule has 0 saturated carbocycles. The van der Waals surface area contributed by atoms with E-state index in [1.807, 2.05) is 0 Å². The number of hydrogen-bond donors (Lipinski definition) is 1. The average Bonchev–Trinajstić information content (AvgIpc) is 2.32. The number of halogens is 6. The molecular formula is C11H9F6NO4S. The van der Waals surface area contributed by atoms with Crippen LogP contribution in [0.5, 0.6) is 5.75 Å². The summed E-state index contributed by atoms with van der Waals surface area (Å²) in [6.45, 7) is -1.08. The molecule has 0 atom stereocenters. The van der Waals surface area contributed by atoms with Crippen LogP contribution in [0.4, 0.5) is 26.3 Å². The molecule has 1 rings (SSSR count). The van der Waals surface area contributed by atoms with Crippen molar-refractivity contribution >= 4 is 15.9 Å². The van der Waals surface area contributed by atoms with Crippen LogP contribution in [0.25, 0.3) is 0 Å². The summed E-state index contributed by atoms with van der Waals surface area (Å²) in [6, 6.07) is 0.426. The highest BCUT2D eigenvalue weighted by Crippen LogP contribution is 2.38. The first-order valence-corrected chi connectivity index (χ1v) is 7.50. The van der Waals surface area contributed by atoms with Crippen molar-refractivity contribution in [2.75, 3.05) is 12.9 Å². The largest absolute Gasteiger partial charge is 0.484 e. The van der Waals surface area contributed by atoms with E-state index in [1.54, 1.807) is 0 Å². The second-order valence-electron chi connectivity index (χ2n) is 4.33. The molecular weight excluding hydrogens is 356 g/mol. The van der Waals surface area contributed by atoms with E-state index in [-0.39, 0.29) is 18.2 Å². The first-order chi connectivity index (χ1) is 10.2. The Hall–Kier alpha value is -1.98. The zero-order valence-corrected chi connectivity index (χ0v) is 12.1. The molecule has 0 unspecified atom stereocenters. The van der Waals surface area contributed by atoms with Crippen LogP contribution in [0.2, 0.25) is 0 Å². The number of sulfonamides is 1. The fourth-order valence-electron chi connectivity index (χ4n) is 1.39. The van der Waals surface area contributed by atoms with Crippen molar-refractivity contribution in [2.24, 2.45) is 0 Å². The van der Waals surface area contributed by atoms with Gasteiger partial charge in [-0.2, -0.15) is 26.3 Å². The molecule has 0 spiro atoms. The number of benzene rings is 1. The molecule has 1 amide bonds. The molecule has 0 aliphatic carbocycles. The van der Waals surface area contributed by atoms with E-state index in [2.05, 4.69) is 4.74 Å². The maximum absolute atomic E-state index is 12.6. The van der Waals surface area contributed by atoms with Crippen LogP contribution in [0.3, 0.4) is 0 Å². The second-order valence-corrected chi connectivity index (χ2v) is 6.08. The summed E-state index contributed by atoms with van der Waals surface area (Å²) in [7, 11) is -3.93. The van der Waals surface area contributed by atoms with Gasteiger partial charge < -0.3 is 4.74 Å². The summed E-state index contributed by atoms with van der Waals surface area (Å²) in [5.41, 5.74) is -3.24. The van der Waals surface area contributed by atoms with Gasteiger partial charge in [-0.05, 0) is 18.2 Å². The molecule has 0 radical (unpaired) electrons. The van der Waals surface area contributed by atoms with Gasteiger partial charge >= 0.3 is 12.4 Å². The molecule has 12 heteroatoms. The van der Waals surface area contributed by atoms with E-state index in [0.29, 0.717) is 6.26 Å². The van der Waals surface area contributed by atoms with Gasteiger partial charge in [0.2, 0.25) is 10.0 Å². The van der Waals surface area contributed by atoms with Crippen LogP contribution >= 0.6 is 0 Å². The summed E-state index contributed by atoms with van der Waals surface area (Å²) in [5, 5.41) is 0. The Bertz CT molecular complexity index is 663. The summed E-state index contributed by atoms with van der Waals surface area (Å²) in [4.78, 5) is 11.1. The lowest BCUT2D eigenvalue weighted by Crippen LogP contribution is -2.33. The molecule has 1 aromatic carbocycles. The van der Waals surface area contributed by atoms with E-state index in [1.165, 1.54) is 4.72 Å². The summed E-state index contributed by atoms with van der Waals surface area (Å²) in [5.74, 6) is -2.13. The van der Waals surface area contributed by atoms with Gasteiger partial charge in [0, 0.05) is 0 Å². The van der Waals surface area contributed by atoms with Crippen LogP contribution in [-0.4, -0.2) is 27.2 Å². The molecule has 1 aromatic rings. The van der Waals surface area contributed by atoms with E-state index < -0.39 is 51.8 Å². The molecule has 0 aliphatic heterocycles. The highest BCUT2D eigenvalue weighted by molar-refractivity contribution is 7.89. The summed E-state index contributed by atoms with van der Waals surface area (Å²) >= 11 is 0. The molecule has 0 heterocycles. The Labute approximate surface area is 126 Å². The molecule has 5 nitrogen and oxygen atoms in total. The van der Waals surface area contributed by atoms with Crippen LogP contribution in [0.1, 0.15) is 11.1 Å². The minimum absolute atomic E-state index is 0.108. The van der Waals surface area contributed by atoms with Gasteiger partial charge in [-0.25, -0.2) is 8.42 Å². The van der Waals surface area contributed by atoms with Crippen molar-refractivity contribution in [3.05, 3.63) is 29.3 Å². The zero-order valence-electron chi connectivity index (χ0n) is 11.2. The Morgan fingerprint density at radius 2 is 1.48 bits per heavy atom. The molecule has 0 aliphatic rings. The van der Waals surface area contributed by atoms with Crippen molar-refractivity contribution in [1.29, 1.82) is 0 Å². The third kappa shape index (κ3) is 6.34. The molecule has 23 heavy (non-hydrogen) atoms. The van der Waals surface area contributed by atoms with Crippen molar-refractivity contribution in [3.8, 4) is 5.75 Å². The Balaban J connectivity index is 3.05. The van der Waals surface area contributed by atoms with Gasteiger partial charge in [-0.1, -0.05) is 0 Å². The number of carbonyl (C=O) groups excluding carboxylic acids is 1. The molecule has 0 saturated heterocycles. The fraction of sp³-hybridized carbons (Fsp3) is 0.364. The summed E-state index contributed by atoms with van der Waals surface area (Å²) in [6.07, 6.45) is -9.49. The van der Waals surface area contributed by atoms with Crippen LogP contribution < -0.4 is 9.46 Å². The average molecular weight is 365 g/mol. The second kappa shape index (κ2) is 6.26. The third-order valence-electron chi connectivity index (χ3n) is 2.23. The monoisotopic (exact) mass is 365 g/mol. The van der Waals surface area contributed by atoms with Crippen LogP contribution in [0.15, 0.2) is 18.2 Å². The number of carbonyl (C=O) groups is 1. The third-order valence-corrected chi connectivity index (χ3v) is 2.83. The summed E-state index contributed by atoms with van der Waals surface area (Å²) < 4.78 is 103. The number of alkyl halides is 6. The minimum atomic E-state index is -5.06. The molecule has 0 bridgehead atoms. The lowest BCUT2D eigenvalue weighted by atomic mass is 10.1. The first-order valence-electron chi connectivity index (χ1n) is 5.61. The Morgan fingerprint density at radius 3 is 1.83 bits per heavy atom. The number of ether oxygens (including phenoxy) is 1. The van der Waals surface area contributed by atoms with E-state index in [9.17, 15) is 39.6 Å². The number of amides is 1. The van der Waals surface area contributed by atoms with Gasteiger partial charge in [-0.15, -0.1) is 0 Å².